The molecule has 5 nitrogen and oxygen atoms in total. The van der Waals surface area contributed by atoms with Gasteiger partial charge in [-0.3, -0.25) is 4.79 Å². The molecule has 2 saturated heterocycles. The molecule has 5 rings (SSSR count). The van der Waals surface area contributed by atoms with Crippen molar-refractivity contribution < 1.29 is 14.3 Å². The van der Waals surface area contributed by atoms with Crippen LogP contribution in [0.3, 0.4) is 0 Å². The lowest BCUT2D eigenvalue weighted by Gasteiger charge is -2.28. The standard InChI is InChI=1S/C26H30N2O3/c29-26(28-16-6-9-23(28)17-27-14-4-5-15-27)22-12-10-21(11-13-22)25-19-30-18-24(31-25)20-7-2-1-3-8-20/h1-2,7,10-13,18-19,23H,3-6,8-9,14-17H2/t23-/m0/s1. The number of nitrogens with zero attached hydrogens (tertiary/aromatic N) is 2. The van der Waals surface area contributed by atoms with Gasteiger partial charge >= 0.3 is 0 Å². The number of allylic oxidation sites excluding steroid dienone is 4. The van der Waals surface area contributed by atoms with Crippen LogP contribution in [0.1, 0.15) is 54.4 Å². The molecule has 5 heteroatoms. The monoisotopic (exact) mass is 418 g/mol. The van der Waals surface area contributed by atoms with Crippen LogP contribution in [-0.4, -0.2) is 47.9 Å². The topological polar surface area (TPSA) is 42.0 Å². The summed E-state index contributed by atoms with van der Waals surface area (Å²) in [5, 5.41) is 0. The van der Waals surface area contributed by atoms with Gasteiger partial charge in [-0.25, -0.2) is 0 Å². The van der Waals surface area contributed by atoms with E-state index in [1.54, 1.807) is 12.5 Å². The summed E-state index contributed by atoms with van der Waals surface area (Å²) in [5.74, 6) is 1.56. The van der Waals surface area contributed by atoms with Gasteiger partial charge in [-0.2, -0.15) is 0 Å². The number of hydrogen-bond donors (Lipinski definition) is 0. The number of carbonyl (C=O) groups excluding carboxylic acids is 1. The first-order valence-electron chi connectivity index (χ1n) is 11.5. The number of benzene rings is 1. The number of likely N-dealkylation sites (tertiary alicyclic amines) is 2. The normalized spacial score (nSPS) is 23.7. The van der Waals surface area contributed by atoms with E-state index < -0.39 is 0 Å². The molecule has 0 aromatic heterocycles. The van der Waals surface area contributed by atoms with E-state index in [2.05, 4.69) is 28.0 Å². The second-order valence-corrected chi connectivity index (χ2v) is 8.74. The largest absolute Gasteiger partial charge is 0.465 e. The van der Waals surface area contributed by atoms with Crippen LogP contribution in [0.15, 0.2) is 66.3 Å². The molecule has 1 atom stereocenters. The fourth-order valence-corrected chi connectivity index (χ4v) is 4.90. The third-order valence-corrected chi connectivity index (χ3v) is 6.62. The zero-order valence-electron chi connectivity index (χ0n) is 18.0. The molecule has 0 spiro atoms. The lowest BCUT2D eigenvalue weighted by atomic mass is 10.0. The Bertz CT molecular complexity index is 936. The highest BCUT2D eigenvalue weighted by Crippen LogP contribution is 2.31. The Morgan fingerprint density at radius 3 is 2.58 bits per heavy atom. The van der Waals surface area contributed by atoms with Crippen LogP contribution in [0, 0.1) is 0 Å². The smallest absolute Gasteiger partial charge is 0.254 e. The third kappa shape index (κ3) is 4.47. The van der Waals surface area contributed by atoms with E-state index in [0.29, 0.717) is 11.8 Å². The number of hydrogen-bond acceptors (Lipinski definition) is 4. The molecule has 0 N–H and O–H groups in total. The van der Waals surface area contributed by atoms with Crippen molar-refractivity contribution in [1.29, 1.82) is 0 Å². The Balaban J connectivity index is 1.24. The maximum atomic E-state index is 13.2. The molecule has 3 heterocycles. The molecule has 3 aliphatic heterocycles. The lowest BCUT2D eigenvalue weighted by molar-refractivity contribution is 0.0708. The number of rotatable bonds is 5. The van der Waals surface area contributed by atoms with E-state index in [1.807, 2.05) is 24.3 Å². The summed E-state index contributed by atoms with van der Waals surface area (Å²) in [7, 11) is 0. The van der Waals surface area contributed by atoms with Gasteiger partial charge in [0.1, 0.15) is 12.5 Å². The molecule has 0 bridgehead atoms. The SMILES string of the molecule is O=C(c1ccc(C2=COC=C(C3=CC=CCC3)O2)cc1)N1CCC[C@H]1CN1CCCC1. The minimum atomic E-state index is 0.141. The Morgan fingerprint density at radius 1 is 1.00 bits per heavy atom. The highest BCUT2D eigenvalue weighted by molar-refractivity contribution is 5.95. The van der Waals surface area contributed by atoms with Crippen LogP contribution < -0.4 is 0 Å². The Hall–Kier alpha value is -2.79. The van der Waals surface area contributed by atoms with Crippen molar-refractivity contribution in [3.05, 3.63) is 77.5 Å². The molecular weight excluding hydrogens is 388 g/mol. The van der Waals surface area contributed by atoms with Gasteiger partial charge in [0.25, 0.3) is 5.91 Å². The predicted octanol–water partition coefficient (Wildman–Crippen LogP) is 4.85. The van der Waals surface area contributed by atoms with E-state index in [4.69, 9.17) is 9.47 Å². The maximum Gasteiger partial charge on any atom is 0.254 e. The van der Waals surface area contributed by atoms with Gasteiger partial charge in [0.2, 0.25) is 0 Å². The van der Waals surface area contributed by atoms with Crippen molar-refractivity contribution in [3.63, 3.8) is 0 Å². The summed E-state index contributed by atoms with van der Waals surface area (Å²) in [6, 6.07) is 8.06. The first-order valence-corrected chi connectivity index (χ1v) is 11.5. The third-order valence-electron chi connectivity index (χ3n) is 6.62. The maximum absolute atomic E-state index is 13.2. The van der Waals surface area contributed by atoms with Crippen molar-refractivity contribution in [3.8, 4) is 0 Å². The van der Waals surface area contributed by atoms with Crippen LogP contribution >= 0.6 is 0 Å². The van der Waals surface area contributed by atoms with E-state index in [9.17, 15) is 4.79 Å². The molecule has 1 amide bonds. The molecule has 1 aromatic rings. The highest BCUT2D eigenvalue weighted by atomic mass is 16.5. The van der Waals surface area contributed by atoms with Crippen molar-refractivity contribution in [2.24, 2.45) is 0 Å². The first-order chi connectivity index (χ1) is 15.3. The predicted molar refractivity (Wildman–Crippen MR) is 121 cm³/mol. The zero-order valence-corrected chi connectivity index (χ0v) is 18.0. The molecule has 1 aromatic carbocycles. The quantitative estimate of drug-likeness (QED) is 0.686. The summed E-state index contributed by atoms with van der Waals surface area (Å²) in [6.07, 6.45) is 16.3. The number of carbonyl (C=O) groups is 1. The van der Waals surface area contributed by atoms with Crippen molar-refractivity contribution >= 4 is 11.7 Å². The van der Waals surface area contributed by atoms with E-state index in [0.717, 1.165) is 61.2 Å². The van der Waals surface area contributed by atoms with Gasteiger partial charge in [0, 0.05) is 30.3 Å². The second-order valence-electron chi connectivity index (χ2n) is 8.74. The number of amides is 1. The summed E-state index contributed by atoms with van der Waals surface area (Å²) in [6.45, 7) is 4.23. The average molecular weight is 419 g/mol. The first kappa shape index (κ1) is 20.1. The molecule has 162 valence electrons. The van der Waals surface area contributed by atoms with Gasteiger partial charge in [-0.05, 0) is 69.3 Å². The van der Waals surface area contributed by atoms with E-state index in [1.165, 1.54) is 25.9 Å². The average Bonchev–Trinajstić information content (AvgIpc) is 3.52. The van der Waals surface area contributed by atoms with Crippen molar-refractivity contribution in [1.82, 2.24) is 9.80 Å². The molecule has 1 aliphatic carbocycles. The fraction of sp³-hybridized carbons (Fsp3) is 0.423. The minimum absolute atomic E-state index is 0.141. The van der Waals surface area contributed by atoms with Gasteiger partial charge < -0.3 is 19.3 Å². The minimum Gasteiger partial charge on any atom is -0.465 e. The van der Waals surface area contributed by atoms with Crippen LogP contribution in [0.4, 0.5) is 0 Å². The van der Waals surface area contributed by atoms with Gasteiger partial charge in [0.05, 0.1) is 0 Å². The Kier molecular flexibility index (Phi) is 5.94. The molecule has 0 radical (unpaired) electrons. The molecule has 0 unspecified atom stereocenters. The van der Waals surface area contributed by atoms with E-state index >= 15 is 0 Å². The second kappa shape index (κ2) is 9.15. The Morgan fingerprint density at radius 2 is 1.81 bits per heavy atom. The van der Waals surface area contributed by atoms with Crippen molar-refractivity contribution in [2.45, 2.75) is 44.6 Å². The molecule has 2 fully saturated rings. The zero-order chi connectivity index (χ0) is 21.0. The van der Waals surface area contributed by atoms with E-state index in [-0.39, 0.29) is 5.91 Å². The van der Waals surface area contributed by atoms with Crippen LogP contribution in [0.2, 0.25) is 0 Å². The Labute approximate surface area is 184 Å². The van der Waals surface area contributed by atoms with Gasteiger partial charge in [0.15, 0.2) is 11.5 Å². The van der Waals surface area contributed by atoms with Gasteiger partial charge in [-0.1, -0.05) is 30.4 Å². The molecular formula is C26H30N2O3. The molecule has 31 heavy (non-hydrogen) atoms. The van der Waals surface area contributed by atoms with Crippen LogP contribution in [0.25, 0.3) is 5.76 Å². The summed E-state index contributed by atoms with van der Waals surface area (Å²) >= 11 is 0. The lowest BCUT2D eigenvalue weighted by Crippen LogP contribution is -2.42. The highest BCUT2D eigenvalue weighted by Gasteiger charge is 2.31. The van der Waals surface area contributed by atoms with Crippen LogP contribution in [-0.2, 0) is 9.47 Å². The van der Waals surface area contributed by atoms with Crippen molar-refractivity contribution in [2.75, 3.05) is 26.2 Å². The summed E-state index contributed by atoms with van der Waals surface area (Å²) in [4.78, 5) is 17.8. The fourth-order valence-electron chi connectivity index (χ4n) is 4.90. The summed E-state index contributed by atoms with van der Waals surface area (Å²) < 4.78 is 11.6. The molecule has 0 saturated carbocycles. The van der Waals surface area contributed by atoms with Crippen LogP contribution in [0.5, 0.6) is 0 Å². The molecule has 4 aliphatic rings. The summed E-state index contributed by atoms with van der Waals surface area (Å²) in [5.41, 5.74) is 2.78. The number of ether oxygens (including phenoxy) is 2. The van der Waals surface area contributed by atoms with Gasteiger partial charge in [-0.15, -0.1) is 0 Å².